The molecule has 7 nitrogen and oxygen atoms in total. The molecule has 102 valence electrons. The number of hydrogen-bond acceptors (Lipinski definition) is 5. The van der Waals surface area contributed by atoms with Crippen molar-refractivity contribution in [2.45, 2.75) is 0 Å². The Hall–Kier alpha value is 0.378. The Bertz CT molecular complexity index is 179. The summed E-state index contributed by atoms with van der Waals surface area (Å²) in [7, 11) is 17.0. The van der Waals surface area contributed by atoms with Crippen molar-refractivity contribution in [2.75, 3.05) is 56.4 Å². The zero-order valence-corrected chi connectivity index (χ0v) is 14.0. The van der Waals surface area contributed by atoms with Gasteiger partial charge >= 0.3 is 38.3 Å². The van der Waals surface area contributed by atoms with E-state index in [1.165, 1.54) is 0 Å². The second-order valence-electron chi connectivity index (χ2n) is 5.90. The van der Waals surface area contributed by atoms with Gasteiger partial charge in [0.05, 0.1) is 56.4 Å². The molecule has 0 aliphatic carbocycles. The van der Waals surface area contributed by atoms with Gasteiger partial charge in [0.2, 0.25) is 0 Å². The van der Waals surface area contributed by atoms with E-state index in [1.54, 1.807) is 0 Å². The normalized spacial score (nSPS) is 11.9. The topological polar surface area (TPSA) is 92.7 Å². The minimum absolute atomic E-state index is 1.00. The van der Waals surface area contributed by atoms with Gasteiger partial charge in [-0.05, 0) is 0 Å². The second-order valence-corrected chi connectivity index (χ2v) is 8.91. The summed E-state index contributed by atoms with van der Waals surface area (Å²) in [5.41, 5.74) is 0. The van der Waals surface area contributed by atoms with E-state index < -0.39 is 20.1 Å². The SMILES string of the molecule is C[N+](C)(C)C.C[N+](C)(C)C.[O]=[Sb]([O-])([O-])[O]O. The molecule has 0 spiro atoms. The van der Waals surface area contributed by atoms with Crippen molar-refractivity contribution in [1.29, 1.82) is 0 Å². The molecule has 16 heavy (non-hydrogen) atoms. The fraction of sp³-hybridized carbons (Fsp3) is 1.00. The van der Waals surface area contributed by atoms with Crippen LogP contribution in [0, 0.1) is 0 Å². The molecule has 0 rings (SSSR count). The number of rotatable bonds is 1. The van der Waals surface area contributed by atoms with Crippen LogP contribution in [0.3, 0.4) is 0 Å². The summed E-state index contributed by atoms with van der Waals surface area (Å²) < 4.78 is 31.7. The van der Waals surface area contributed by atoms with Crippen molar-refractivity contribution in [2.24, 2.45) is 0 Å². The predicted molar refractivity (Wildman–Crippen MR) is 58.1 cm³/mol. The van der Waals surface area contributed by atoms with E-state index in [-0.39, 0.29) is 0 Å². The maximum absolute atomic E-state index is 9.09. The van der Waals surface area contributed by atoms with Crippen molar-refractivity contribution in [1.82, 2.24) is 0 Å². The van der Waals surface area contributed by atoms with Gasteiger partial charge in [-0.2, -0.15) is 0 Å². The van der Waals surface area contributed by atoms with E-state index in [0.717, 1.165) is 8.97 Å². The second kappa shape index (κ2) is 8.47. The van der Waals surface area contributed by atoms with Crippen LogP contribution in [-0.2, 0) is 6.18 Å². The van der Waals surface area contributed by atoms with Gasteiger partial charge in [-0.1, -0.05) is 0 Å². The molecule has 0 bridgehead atoms. The van der Waals surface area contributed by atoms with Gasteiger partial charge in [0, 0.05) is 0 Å². The Kier molecular flexibility index (Phi) is 11.5. The van der Waals surface area contributed by atoms with Gasteiger partial charge in [-0.15, -0.1) is 0 Å². The molecule has 0 unspecified atom stereocenters. The quantitative estimate of drug-likeness (QED) is 0.249. The van der Waals surface area contributed by atoms with E-state index in [0.29, 0.717) is 0 Å². The van der Waals surface area contributed by atoms with Gasteiger partial charge in [-0.25, -0.2) is 0 Å². The third-order valence-electron chi connectivity index (χ3n) is 0.100. The van der Waals surface area contributed by atoms with Crippen LogP contribution in [0.1, 0.15) is 0 Å². The summed E-state index contributed by atoms with van der Waals surface area (Å²) in [6.07, 6.45) is 0. The summed E-state index contributed by atoms with van der Waals surface area (Å²) in [4.78, 5) is 0. The predicted octanol–water partition coefficient (Wildman–Crippen LogP) is -2.29. The molecule has 1 N–H and O–H groups in total. The number of hydrogen-bond donors (Lipinski definition) is 1. The van der Waals surface area contributed by atoms with E-state index in [2.05, 4.69) is 59.5 Å². The Labute approximate surface area is 104 Å². The summed E-state index contributed by atoms with van der Waals surface area (Å²) in [6.45, 7) is 0. The maximum atomic E-state index is 9.09. The summed E-state index contributed by atoms with van der Waals surface area (Å²) in [5, 5.41) is 7.05. The first-order valence-electron chi connectivity index (χ1n) is 4.49. The molecule has 0 saturated carbocycles. The Morgan fingerprint density at radius 2 is 0.938 bits per heavy atom. The molecular formula is C8H25N2O5Sb. The van der Waals surface area contributed by atoms with E-state index in [1.807, 2.05) is 0 Å². The first-order valence-corrected chi connectivity index (χ1v) is 8.66. The fourth-order valence-electron chi connectivity index (χ4n) is 0. The van der Waals surface area contributed by atoms with Crippen LogP contribution in [0.25, 0.3) is 0 Å². The fourth-order valence-corrected chi connectivity index (χ4v) is 0. The Balaban J connectivity index is -0.000000160. The van der Waals surface area contributed by atoms with Crippen molar-refractivity contribution >= 4 is 20.1 Å². The molecule has 0 heterocycles. The summed E-state index contributed by atoms with van der Waals surface area (Å²) >= 11 is -5.84. The molecule has 0 aliphatic rings. The molecule has 0 amide bonds. The van der Waals surface area contributed by atoms with Crippen LogP contribution in [0.5, 0.6) is 0 Å². The molecule has 0 aromatic carbocycles. The summed E-state index contributed by atoms with van der Waals surface area (Å²) in [5.74, 6) is 0. The minimum atomic E-state index is -5.84. The zero-order chi connectivity index (χ0) is 14.2. The molecule has 0 fully saturated rings. The summed E-state index contributed by atoms with van der Waals surface area (Å²) in [6, 6.07) is 0. The molecule has 0 atom stereocenters. The van der Waals surface area contributed by atoms with E-state index in [9.17, 15) is 0 Å². The molecule has 0 aromatic rings. The van der Waals surface area contributed by atoms with E-state index in [4.69, 9.17) is 15.0 Å². The molecule has 0 saturated heterocycles. The van der Waals surface area contributed by atoms with Crippen molar-refractivity contribution < 1.29 is 27.2 Å². The van der Waals surface area contributed by atoms with Gasteiger partial charge in [0.1, 0.15) is 0 Å². The van der Waals surface area contributed by atoms with Crippen LogP contribution in [-0.4, -0.2) is 90.7 Å². The third-order valence-corrected chi connectivity index (χ3v) is 0.671. The first kappa shape index (κ1) is 21.6. The molecule has 8 heteroatoms. The number of quaternary nitrogens is 2. The standard InChI is InChI=1S/2C4H12N.H2O2.3O.Sb/c2*1-5(2,3)4;1-2;;;;/h2*1-4H3;1-2H;;;;/q2*+1;;;2*-1;+1/p-1. The van der Waals surface area contributed by atoms with Gasteiger partial charge < -0.3 is 8.97 Å². The van der Waals surface area contributed by atoms with E-state index >= 15 is 0 Å². The average molecular weight is 351 g/mol. The Morgan fingerprint density at radius 3 is 0.938 bits per heavy atom. The van der Waals surface area contributed by atoms with Gasteiger partial charge in [-0.3, -0.25) is 0 Å². The first-order chi connectivity index (χ1) is 6.56. The monoisotopic (exact) mass is 350 g/mol. The molecule has 0 radical (unpaired) electrons. The van der Waals surface area contributed by atoms with Crippen LogP contribution in [0.2, 0.25) is 0 Å². The van der Waals surface area contributed by atoms with Crippen LogP contribution < -0.4 is 6.77 Å². The van der Waals surface area contributed by atoms with Crippen molar-refractivity contribution in [3.05, 3.63) is 0 Å². The zero-order valence-electron chi connectivity index (χ0n) is 11.4. The number of nitrogens with zero attached hydrogens (tertiary/aromatic N) is 2. The van der Waals surface area contributed by atoms with Gasteiger partial charge in [0.15, 0.2) is 0 Å². The molecule has 0 aliphatic heterocycles. The van der Waals surface area contributed by atoms with Crippen molar-refractivity contribution in [3.8, 4) is 0 Å². The third kappa shape index (κ3) is 225. The van der Waals surface area contributed by atoms with Gasteiger partial charge in [0.25, 0.3) is 0 Å². The van der Waals surface area contributed by atoms with Crippen LogP contribution in [0.4, 0.5) is 0 Å². The van der Waals surface area contributed by atoms with Crippen LogP contribution >= 0.6 is 0 Å². The van der Waals surface area contributed by atoms with Crippen molar-refractivity contribution in [3.63, 3.8) is 0 Å². The average Bonchev–Trinajstić information content (AvgIpc) is 1.77. The Morgan fingerprint density at radius 1 is 0.875 bits per heavy atom. The molecular weight excluding hydrogens is 326 g/mol. The molecule has 0 aromatic heterocycles. The van der Waals surface area contributed by atoms with Crippen LogP contribution in [0.15, 0.2) is 0 Å².